The predicted octanol–water partition coefficient (Wildman–Crippen LogP) is 0.669. The zero-order chi connectivity index (χ0) is 14.0. The quantitative estimate of drug-likeness (QED) is 0.846. The molecule has 0 bridgehead atoms. The number of halogens is 1. The molecule has 0 aliphatic rings. The first-order valence-electron chi connectivity index (χ1n) is 5.63. The van der Waals surface area contributed by atoms with Crippen LogP contribution in [-0.4, -0.2) is 32.1 Å². The third-order valence-corrected chi connectivity index (χ3v) is 2.71. The van der Waals surface area contributed by atoms with Crippen molar-refractivity contribution in [2.45, 2.75) is 19.4 Å². The van der Waals surface area contributed by atoms with Crippen LogP contribution in [0.4, 0.5) is 4.39 Å². The van der Waals surface area contributed by atoms with Gasteiger partial charge in [-0.3, -0.25) is 4.79 Å². The molecule has 0 amide bonds. The molecule has 2 rings (SSSR count). The lowest BCUT2D eigenvalue weighted by atomic mass is 10.2. The van der Waals surface area contributed by atoms with Gasteiger partial charge < -0.3 is 10.8 Å². The van der Waals surface area contributed by atoms with Gasteiger partial charge in [-0.15, -0.1) is 5.10 Å². The van der Waals surface area contributed by atoms with Crippen molar-refractivity contribution in [1.82, 2.24) is 15.0 Å². The molecule has 2 aromatic rings. The fourth-order valence-corrected chi connectivity index (χ4v) is 1.65. The SMILES string of the molecule is Cc1ccc(F)cc1-n1cc(CC(N)C(=O)O)nn1. The Labute approximate surface area is 108 Å². The molecule has 1 unspecified atom stereocenters. The van der Waals surface area contributed by atoms with Gasteiger partial charge in [-0.2, -0.15) is 0 Å². The maximum absolute atomic E-state index is 13.2. The number of hydrogen-bond acceptors (Lipinski definition) is 4. The number of benzene rings is 1. The van der Waals surface area contributed by atoms with E-state index in [-0.39, 0.29) is 12.2 Å². The molecule has 1 atom stereocenters. The number of nitrogens with zero attached hydrogens (tertiary/aromatic N) is 3. The Kier molecular flexibility index (Phi) is 3.57. The van der Waals surface area contributed by atoms with Gasteiger partial charge in [0.15, 0.2) is 0 Å². The maximum atomic E-state index is 13.2. The van der Waals surface area contributed by atoms with Crippen molar-refractivity contribution in [2.75, 3.05) is 0 Å². The molecule has 0 saturated heterocycles. The van der Waals surface area contributed by atoms with Gasteiger partial charge >= 0.3 is 5.97 Å². The first-order valence-corrected chi connectivity index (χ1v) is 5.63. The monoisotopic (exact) mass is 264 g/mol. The number of nitrogens with two attached hydrogens (primary N) is 1. The van der Waals surface area contributed by atoms with E-state index in [2.05, 4.69) is 10.3 Å². The summed E-state index contributed by atoms with van der Waals surface area (Å²) >= 11 is 0. The second-order valence-electron chi connectivity index (χ2n) is 4.23. The van der Waals surface area contributed by atoms with Crippen LogP contribution in [0.1, 0.15) is 11.3 Å². The lowest BCUT2D eigenvalue weighted by Gasteiger charge is -2.04. The molecule has 7 heteroatoms. The summed E-state index contributed by atoms with van der Waals surface area (Å²) in [5.41, 5.74) is 7.25. The van der Waals surface area contributed by atoms with Crippen LogP contribution < -0.4 is 5.73 Å². The zero-order valence-corrected chi connectivity index (χ0v) is 10.2. The van der Waals surface area contributed by atoms with Crippen molar-refractivity contribution in [3.63, 3.8) is 0 Å². The summed E-state index contributed by atoms with van der Waals surface area (Å²) in [6, 6.07) is 3.30. The van der Waals surface area contributed by atoms with Crippen molar-refractivity contribution in [3.05, 3.63) is 41.5 Å². The summed E-state index contributed by atoms with van der Waals surface area (Å²) in [5, 5.41) is 16.4. The minimum atomic E-state index is -1.10. The van der Waals surface area contributed by atoms with Gasteiger partial charge in [0.1, 0.15) is 11.9 Å². The number of hydrogen-bond donors (Lipinski definition) is 2. The average molecular weight is 264 g/mol. The Morgan fingerprint density at radius 2 is 2.32 bits per heavy atom. The minimum absolute atomic E-state index is 0.0731. The van der Waals surface area contributed by atoms with Gasteiger partial charge in [0.25, 0.3) is 0 Å². The second-order valence-corrected chi connectivity index (χ2v) is 4.23. The van der Waals surface area contributed by atoms with Crippen LogP contribution in [0.15, 0.2) is 24.4 Å². The van der Waals surface area contributed by atoms with Crippen LogP contribution in [0.3, 0.4) is 0 Å². The summed E-state index contributed by atoms with van der Waals surface area (Å²) in [7, 11) is 0. The molecule has 1 aromatic heterocycles. The standard InChI is InChI=1S/C12H13FN4O2/c1-7-2-3-8(13)4-11(7)17-6-9(15-16-17)5-10(14)12(18)19/h2-4,6,10H,5,14H2,1H3,(H,18,19). The third-order valence-electron chi connectivity index (χ3n) is 2.71. The van der Waals surface area contributed by atoms with Gasteiger partial charge in [0, 0.05) is 6.42 Å². The molecule has 6 nitrogen and oxygen atoms in total. The van der Waals surface area contributed by atoms with Crippen molar-refractivity contribution in [3.8, 4) is 5.69 Å². The molecule has 0 saturated carbocycles. The molecule has 0 radical (unpaired) electrons. The fraction of sp³-hybridized carbons (Fsp3) is 0.250. The highest BCUT2D eigenvalue weighted by atomic mass is 19.1. The highest BCUT2D eigenvalue weighted by Gasteiger charge is 2.15. The lowest BCUT2D eigenvalue weighted by Crippen LogP contribution is -2.32. The topological polar surface area (TPSA) is 94.0 Å². The van der Waals surface area contributed by atoms with Crippen LogP contribution in [0.5, 0.6) is 0 Å². The Hall–Kier alpha value is -2.28. The van der Waals surface area contributed by atoms with E-state index in [4.69, 9.17) is 10.8 Å². The largest absolute Gasteiger partial charge is 0.480 e. The summed E-state index contributed by atoms with van der Waals surface area (Å²) < 4.78 is 14.6. The molecule has 1 heterocycles. The van der Waals surface area contributed by atoms with Crippen LogP contribution in [0, 0.1) is 12.7 Å². The normalized spacial score (nSPS) is 12.4. The van der Waals surface area contributed by atoms with Crippen LogP contribution in [0.2, 0.25) is 0 Å². The second kappa shape index (κ2) is 5.15. The molecule has 1 aromatic carbocycles. The Balaban J connectivity index is 2.26. The lowest BCUT2D eigenvalue weighted by molar-refractivity contribution is -0.138. The zero-order valence-electron chi connectivity index (χ0n) is 10.2. The van der Waals surface area contributed by atoms with Crippen molar-refractivity contribution >= 4 is 5.97 Å². The Bertz CT molecular complexity index is 612. The van der Waals surface area contributed by atoms with Crippen molar-refractivity contribution in [2.24, 2.45) is 5.73 Å². The van der Waals surface area contributed by atoms with E-state index in [1.54, 1.807) is 12.3 Å². The highest BCUT2D eigenvalue weighted by molar-refractivity contribution is 5.73. The summed E-state index contributed by atoms with van der Waals surface area (Å²) in [5.74, 6) is -1.48. The van der Waals surface area contributed by atoms with E-state index >= 15 is 0 Å². The first kappa shape index (κ1) is 13.2. The number of carbonyl (C=O) groups is 1. The van der Waals surface area contributed by atoms with E-state index in [9.17, 15) is 9.18 Å². The average Bonchev–Trinajstić information content (AvgIpc) is 2.80. The minimum Gasteiger partial charge on any atom is -0.480 e. The molecular formula is C12H13FN4O2. The number of carboxylic acids is 1. The molecule has 19 heavy (non-hydrogen) atoms. The molecule has 0 fully saturated rings. The van der Waals surface area contributed by atoms with Gasteiger partial charge in [-0.1, -0.05) is 11.3 Å². The molecule has 0 aliphatic heterocycles. The predicted molar refractivity (Wildman–Crippen MR) is 65.4 cm³/mol. The first-order chi connectivity index (χ1) is 8.97. The van der Waals surface area contributed by atoms with E-state index < -0.39 is 12.0 Å². The fourth-order valence-electron chi connectivity index (χ4n) is 1.65. The van der Waals surface area contributed by atoms with E-state index in [1.165, 1.54) is 16.8 Å². The van der Waals surface area contributed by atoms with E-state index in [0.717, 1.165) is 5.56 Å². The summed E-state index contributed by atoms with van der Waals surface area (Å²) in [4.78, 5) is 10.6. The van der Waals surface area contributed by atoms with Crippen LogP contribution in [0.25, 0.3) is 5.69 Å². The molecule has 100 valence electrons. The third kappa shape index (κ3) is 2.94. The van der Waals surface area contributed by atoms with Crippen molar-refractivity contribution < 1.29 is 14.3 Å². The summed E-state index contributed by atoms with van der Waals surface area (Å²) in [6.45, 7) is 1.82. The molecule has 3 N–H and O–H groups in total. The number of aryl methyl sites for hydroxylation is 1. The van der Waals surface area contributed by atoms with Gasteiger partial charge in [-0.05, 0) is 24.6 Å². The van der Waals surface area contributed by atoms with E-state index in [0.29, 0.717) is 11.4 Å². The number of aromatic nitrogens is 3. The number of rotatable bonds is 4. The van der Waals surface area contributed by atoms with Crippen molar-refractivity contribution in [1.29, 1.82) is 0 Å². The van der Waals surface area contributed by atoms with Crippen LogP contribution in [-0.2, 0) is 11.2 Å². The Morgan fingerprint density at radius 1 is 1.58 bits per heavy atom. The smallest absolute Gasteiger partial charge is 0.320 e. The molecule has 0 spiro atoms. The maximum Gasteiger partial charge on any atom is 0.320 e. The summed E-state index contributed by atoms with van der Waals surface area (Å²) in [6.07, 6.45) is 1.62. The molecule has 0 aliphatic carbocycles. The van der Waals surface area contributed by atoms with Gasteiger partial charge in [-0.25, -0.2) is 9.07 Å². The van der Waals surface area contributed by atoms with E-state index in [1.807, 2.05) is 6.92 Å². The van der Waals surface area contributed by atoms with Crippen LogP contribution >= 0.6 is 0 Å². The highest BCUT2D eigenvalue weighted by Crippen LogP contribution is 2.14. The molecular weight excluding hydrogens is 251 g/mol. The van der Waals surface area contributed by atoms with Gasteiger partial charge in [0.05, 0.1) is 17.6 Å². The van der Waals surface area contributed by atoms with Gasteiger partial charge in [0.2, 0.25) is 0 Å². The number of aliphatic carboxylic acids is 1. The number of carboxylic acid groups (broad SMARTS) is 1. The Morgan fingerprint density at radius 3 is 3.00 bits per heavy atom.